The molecule has 0 radical (unpaired) electrons. The third kappa shape index (κ3) is 4.77. The molecule has 0 atom stereocenters. The first-order valence-corrected chi connectivity index (χ1v) is 10.5. The Morgan fingerprint density at radius 2 is 1.94 bits per heavy atom. The number of hydrogen-bond donors (Lipinski definition) is 1. The van der Waals surface area contributed by atoms with E-state index >= 15 is 0 Å². The molecule has 0 fully saturated rings. The lowest BCUT2D eigenvalue weighted by Gasteiger charge is -2.11. The summed E-state index contributed by atoms with van der Waals surface area (Å²) in [4.78, 5) is 41.9. The molecule has 0 aliphatic carbocycles. The van der Waals surface area contributed by atoms with Gasteiger partial charge in [0.2, 0.25) is 5.91 Å². The topological polar surface area (TPSA) is 130 Å². The number of nitrogens with zero attached hydrogens (tertiary/aromatic N) is 5. The van der Waals surface area contributed by atoms with Crippen LogP contribution in [0, 0.1) is 0 Å². The van der Waals surface area contributed by atoms with Gasteiger partial charge < -0.3 is 14.8 Å². The van der Waals surface area contributed by atoms with Crippen LogP contribution in [0.5, 0.6) is 5.75 Å². The highest BCUT2D eigenvalue weighted by molar-refractivity contribution is 6.01. The molecule has 2 aromatic carbocycles. The summed E-state index contributed by atoms with van der Waals surface area (Å²) in [6, 6.07) is 13.9. The maximum atomic E-state index is 12.9. The molecule has 0 bridgehead atoms. The summed E-state index contributed by atoms with van der Waals surface area (Å²) in [6.45, 7) is 1.93. The van der Waals surface area contributed by atoms with Crippen molar-refractivity contribution in [2.75, 3.05) is 19.0 Å². The minimum absolute atomic E-state index is 0.0464. The highest BCUT2D eigenvalue weighted by atomic mass is 16.5. The predicted octanol–water partition coefficient (Wildman–Crippen LogP) is 1.86. The number of anilines is 1. The summed E-state index contributed by atoms with van der Waals surface area (Å²) in [7, 11) is 1.58. The van der Waals surface area contributed by atoms with Crippen LogP contribution < -0.4 is 15.6 Å². The minimum atomic E-state index is -0.550. The van der Waals surface area contributed by atoms with E-state index in [0.717, 1.165) is 10.1 Å². The second-order valence-electron chi connectivity index (χ2n) is 7.26. The van der Waals surface area contributed by atoms with Crippen molar-refractivity contribution in [3.05, 3.63) is 76.3 Å². The van der Waals surface area contributed by atoms with Crippen molar-refractivity contribution < 1.29 is 19.1 Å². The van der Waals surface area contributed by atoms with E-state index in [1.165, 1.54) is 11.0 Å². The van der Waals surface area contributed by atoms with Crippen LogP contribution in [-0.2, 0) is 22.6 Å². The van der Waals surface area contributed by atoms with E-state index in [1.807, 2.05) is 24.3 Å². The van der Waals surface area contributed by atoms with Gasteiger partial charge in [0.1, 0.15) is 18.6 Å². The summed E-state index contributed by atoms with van der Waals surface area (Å²) < 4.78 is 12.9. The quantitative estimate of drug-likeness (QED) is 0.393. The Balaban J connectivity index is 1.53. The number of benzene rings is 2. The Morgan fingerprint density at radius 1 is 1.12 bits per heavy atom. The van der Waals surface area contributed by atoms with Crippen molar-refractivity contribution >= 4 is 28.7 Å². The molecular formula is C23H22N6O5. The molecule has 0 saturated heterocycles. The van der Waals surface area contributed by atoms with Gasteiger partial charge in [-0.15, -0.1) is 5.10 Å². The standard InChI is InChI=1S/C23H22N6O5/c1-3-34-23(32)17-9-4-5-10-18(17)25-19(30)13-28-14-24-21-20(22(28)31)26-27-29(21)12-15-7-6-8-16(11-15)33-2/h4-11,14H,3,12-13H2,1-2H3,(H,25,30). The predicted molar refractivity (Wildman–Crippen MR) is 123 cm³/mol. The van der Waals surface area contributed by atoms with Crippen molar-refractivity contribution in [3.8, 4) is 5.75 Å². The van der Waals surface area contributed by atoms with Crippen molar-refractivity contribution in [2.45, 2.75) is 20.0 Å². The monoisotopic (exact) mass is 462 g/mol. The van der Waals surface area contributed by atoms with Gasteiger partial charge in [0.15, 0.2) is 11.2 Å². The lowest BCUT2D eigenvalue weighted by atomic mass is 10.2. The number of nitrogens with one attached hydrogen (secondary N) is 1. The molecule has 0 aliphatic rings. The Labute approximate surface area is 193 Å². The minimum Gasteiger partial charge on any atom is -0.497 e. The average molecular weight is 462 g/mol. The Bertz CT molecular complexity index is 1410. The average Bonchev–Trinajstić information content (AvgIpc) is 3.24. The highest BCUT2D eigenvalue weighted by Gasteiger charge is 2.17. The Hall–Kier alpha value is -4.54. The summed E-state index contributed by atoms with van der Waals surface area (Å²) in [5.41, 5.74) is 1.26. The molecule has 174 valence electrons. The van der Waals surface area contributed by atoms with Crippen molar-refractivity contribution in [1.29, 1.82) is 0 Å². The van der Waals surface area contributed by atoms with E-state index in [-0.39, 0.29) is 29.9 Å². The fraction of sp³-hybridized carbons (Fsp3) is 0.217. The van der Waals surface area contributed by atoms with Crippen LogP contribution >= 0.6 is 0 Å². The largest absolute Gasteiger partial charge is 0.497 e. The Morgan fingerprint density at radius 3 is 2.74 bits per heavy atom. The number of aromatic nitrogens is 5. The molecule has 2 heterocycles. The zero-order valence-electron chi connectivity index (χ0n) is 18.6. The van der Waals surface area contributed by atoms with Gasteiger partial charge in [-0.1, -0.05) is 29.5 Å². The number of carbonyl (C=O) groups is 2. The van der Waals surface area contributed by atoms with E-state index in [4.69, 9.17) is 9.47 Å². The van der Waals surface area contributed by atoms with Crippen LogP contribution in [0.15, 0.2) is 59.7 Å². The van der Waals surface area contributed by atoms with Gasteiger partial charge in [0.25, 0.3) is 5.56 Å². The van der Waals surface area contributed by atoms with Crippen LogP contribution in [0.4, 0.5) is 5.69 Å². The second-order valence-corrected chi connectivity index (χ2v) is 7.26. The van der Waals surface area contributed by atoms with E-state index in [9.17, 15) is 14.4 Å². The lowest BCUT2D eigenvalue weighted by molar-refractivity contribution is -0.116. The molecular weight excluding hydrogens is 440 g/mol. The molecule has 34 heavy (non-hydrogen) atoms. The zero-order chi connectivity index (χ0) is 24.1. The van der Waals surface area contributed by atoms with E-state index in [1.54, 1.807) is 38.3 Å². The number of ether oxygens (including phenoxy) is 2. The molecule has 11 nitrogen and oxygen atoms in total. The van der Waals surface area contributed by atoms with Gasteiger partial charge in [0, 0.05) is 0 Å². The molecule has 2 aromatic heterocycles. The summed E-state index contributed by atoms with van der Waals surface area (Å²) in [5.74, 6) is -0.358. The number of para-hydroxylation sites is 1. The van der Waals surface area contributed by atoms with Gasteiger partial charge in [0.05, 0.1) is 31.5 Å². The van der Waals surface area contributed by atoms with Crippen LogP contribution in [0.2, 0.25) is 0 Å². The van der Waals surface area contributed by atoms with Crippen molar-refractivity contribution in [3.63, 3.8) is 0 Å². The molecule has 0 unspecified atom stereocenters. The third-order valence-electron chi connectivity index (χ3n) is 4.97. The summed E-state index contributed by atoms with van der Waals surface area (Å²) >= 11 is 0. The SMILES string of the molecule is CCOC(=O)c1ccccc1NC(=O)Cn1cnc2c(nnn2Cc2cccc(OC)c2)c1=O. The number of amides is 1. The fourth-order valence-electron chi connectivity index (χ4n) is 3.37. The van der Waals surface area contributed by atoms with Crippen LogP contribution in [0.1, 0.15) is 22.8 Å². The number of esters is 1. The lowest BCUT2D eigenvalue weighted by Crippen LogP contribution is -2.28. The van der Waals surface area contributed by atoms with Gasteiger partial charge in [-0.2, -0.15) is 0 Å². The van der Waals surface area contributed by atoms with Crippen molar-refractivity contribution in [1.82, 2.24) is 24.5 Å². The zero-order valence-corrected chi connectivity index (χ0v) is 18.6. The first-order valence-electron chi connectivity index (χ1n) is 10.5. The summed E-state index contributed by atoms with van der Waals surface area (Å²) in [5, 5.41) is 10.6. The maximum Gasteiger partial charge on any atom is 0.340 e. The molecule has 1 N–H and O–H groups in total. The molecule has 1 amide bonds. The van der Waals surface area contributed by atoms with E-state index in [2.05, 4.69) is 20.6 Å². The first kappa shape index (κ1) is 22.6. The maximum absolute atomic E-state index is 12.9. The normalized spacial score (nSPS) is 10.8. The number of rotatable bonds is 8. The fourth-order valence-corrected chi connectivity index (χ4v) is 3.37. The van der Waals surface area contributed by atoms with Crippen molar-refractivity contribution in [2.24, 2.45) is 0 Å². The molecule has 0 aliphatic heterocycles. The molecule has 0 saturated carbocycles. The highest BCUT2D eigenvalue weighted by Crippen LogP contribution is 2.17. The Kier molecular flexibility index (Phi) is 6.62. The molecule has 4 rings (SSSR count). The number of hydrogen-bond acceptors (Lipinski definition) is 8. The summed E-state index contributed by atoms with van der Waals surface area (Å²) in [6.07, 6.45) is 1.27. The number of methoxy groups -OCH3 is 1. The van der Waals surface area contributed by atoms with E-state index in [0.29, 0.717) is 17.9 Å². The third-order valence-corrected chi connectivity index (χ3v) is 4.97. The molecule has 0 spiro atoms. The second kappa shape index (κ2) is 9.94. The van der Waals surface area contributed by atoms with Gasteiger partial charge >= 0.3 is 5.97 Å². The number of carbonyl (C=O) groups excluding carboxylic acids is 2. The smallest absolute Gasteiger partial charge is 0.340 e. The van der Waals surface area contributed by atoms with Crippen LogP contribution in [-0.4, -0.2) is 50.1 Å². The van der Waals surface area contributed by atoms with Gasteiger partial charge in [-0.25, -0.2) is 14.5 Å². The molecule has 11 heteroatoms. The van der Waals surface area contributed by atoms with Gasteiger partial charge in [-0.05, 0) is 36.8 Å². The van der Waals surface area contributed by atoms with Crippen LogP contribution in [0.3, 0.4) is 0 Å². The van der Waals surface area contributed by atoms with E-state index < -0.39 is 17.4 Å². The van der Waals surface area contributed by atoms with Gasteiger partial charge in [-0.3, -0.25) is 14.2 Å². The van der Waals surface area contributed by atoms with Crippen LogP contribution in [0.25, 0.3) is 11.2 Å². The molecule has 4 aromatic rings. The number of fused-ring (bicyclic) bond motifs is 1. The first-order chi connectivity index (χ1) is 16.5.